The molecule has 1 rings (SSSR count). The standard InChI is InChI=1S/C10H19N2.H2O/c1-3-4-5-6-7-12-9-8-11(2)10-12;/h8-10H,3-7H2,1-2H3;1H2/q+1;/p-1. The van der Waals surface area contributed by atoms with Crippen LogP contribution < -0.4 is 4.57 Å². The Bertz CT molecular complexity index is 220. The van der Waals surface area contributed by atoms with Gasteiger partial charge in [0.1, 0.15) is 12.4 Å². The van der Waals surface area contributed by atoms with Gasteiger partial charge in [-0.2, -0.15) is 0 Å². The molecular weight excluding hydrogens is 164 g/mol. The van der Waals surface area contributed by atoms with Gasteiger partial charge in [0.05, 0.1) is 13.6 Å². The van der Waals surface area contributed by atoms with Gasteiger partial charge in [-0.3, -0.25) is 0 Å². The molecule has 0 amide bonds. The van der Waals surface area contributed by atoms with Crippen LogP contribution in [0.4, 0.5) is 0 Å². The van der Waals surface area contributed by atoms with Crippen molar-refractivity contribution in [3.05, 3.63) is 18.7 Å². The second-order valence-electron chi connectivity index (χ2n) is 3.38. The Morgan fingerprint density at radius 1 is 1.23 bits per heavy atom. The van der Waals surface area contributed by atoms with E-state index in [9.17, 15) is 0 Å². The Morgan fingerprint density at radius 3 is 2.54 bits per heavy atom. The highest BCUT2D eigenvalue weighted by Crippen LogP contribution is 1.97. The first-order valence-electron chi connectivity index (χ1n) is 4.84. The first kappa shape index (κ1) is 12.2. The minimum absolute atomic E-state index is 0. The van der Waals surface area contributed by atoms with E-state index in [0.29, 0.717) is 0 Å². The van der Waals surface area contributed by atoms with Crippen molar-refractivity contribution in [2.75, 3.05) is 0 Å². The van der Waals surface area contributed by atoms with Crippen molar-refractivity contribution in [3.63, 3.8) is 0 Å². The molecule has 0 atom stereocenters. The molecule has 1 heterocycles. The number of imidazole rings is 1. The molecule has 76 valence electrons. The highest BCUT2D eigenvalue weighted by atomic mass is 16.0. The lowest BCUT2D eigenvalue weighted by atomic mass is 10.2. The van der Waals surface area contributed by atoms with Crippen LogP contribution in [0.15, 0.2) is 18.7 Å². The average molecular weight is 184 g/mol. The quantitative estimate of drug-likeness (QED) is 0.507. The third-order valence-electron chi connectivity index (χ3n) is 2.09. The lowest BCUT2D eigenvalue weighted by molar-refractivity contribution is -0.696. The molecule has 1 aromatic rings. The number of unbranched alkanes of at least 4 members (excludes halogenated alkanes) is 3. The molecule has 0 fully saturated rings. The lowest BCUT2D eigenvalue weighted by Gasteiger charge is -1.95. The summed E-state index contributed by atoms with van der Waals surface area (Å²) >= 11 is 0. The molecule has 0 aliphatic heterocycles. The summed E-state index contributed by atoms with van der Waals surface area (Å²) in [6.45, 7) is 3.41. The Balaban J connectivity index is 0.00000144. The summed E-state index contributed by atoms with van der Waals surface area (Å²) in [6, 6.07) is 0. The molecule has 0 aliphatic rings. The SMILES string of the molecule is CCCCCC[n+]1ccn(C)c1.[OH-]. The molecule has 13 heavy (non-hydrogen) atoms. The van der Waals surface area contributed by atoms with Crippen molar-refractivity contribution in [3.8, 4) is 0 Å². The van der Waals surface area contributed by atoms with Crippen LogP contribution >= 0.6 is 0 Å². The van der Waals surface area contributed by atoms with E-state index in [1.54, 1.807) is 0 Å². The molecule has 0 aromatic carbocycles. The normalized spacial score (nSPS) is 9.69. The molecular formula is C10H20N2O. The first-order valence-corrected chi connectivity index (χ1v) is 4.84. The van der Waals surface area contributed by atoms with E-state index in [2.05, 4.69) is 41.8 Å². The maximum atomic E-state index is 2.25. The van der Waals surface area contributed by atoms with Crippen molar-refractivity contribution < 1.29 is 10.0 Å². The predicted molar refractivity (Wildman–Crippen MR) is 51.7 cm³/mol. The Kier molecular flexibility index (Phi) is 6.24. The predicted octanol–water partition coefficient (Wildman–Crippen LogP) is 1.72. The molecule has 0 spiro atoms. The smallest absolute Gasteiger partial charge is 0.243 e. The van der Waals surface area contributed by atoms with Gasteiger partial charge in [-0.05, 0) is 12.8 Å². The van der Waals surface area contributed by atoms with Crippen molar-refractivity contribution >= 4 is 0 Å². The Morgan fingerprint density at radius 2 is 2.00 bits per heavy atom. The largest absolute Gasteiger partial charge is 0.870 e. The molecule has 3 heteroatoms. The molecule has 0 radical (unpaired) electrons. The minimum atomic E-state index is 0. The number of nitrogens with zero attached hydrogens (tertiary/aromatic N) is 2. The summed E-state index contributed by atoms with van der Waals surface area (Å²) in [5, 5.41) is 0. The first-order chi connectivity index (χ1) is 5.83. The molecule has 1 aromatic heterocycles. The van der Waals surface area contributed by atoms with Crippen LogP contribution in [0.2, 0.25) is 0 Å². The van der Waals surface area contributed by atoms with E-state index in [1.165, 1.54) is 32.2 Å². The third kappa shape index (κ3) is 4.68. The van der Waals surface area contributed by atoms with Gasteiger partial charge in [-0.1, -0.05) is 19.8 Å². The van der Waals surface area contributed by atoms with Crippen molar-refractivity contribution in [2.45, 2.75) is 39.2 Å². The van der Waals surface area contributed by atoms with Gasteiger partial charge in [0.25, 0.3) is 0 Å². The topological polar surface area (TPSA) is 38.8 Å². The maximum Gasteiger partial charge on any atom is 0.243 e. The van der Waals surface area contributed by atoms with Crippen LogP contribution in [0, 0.1) is 0 Å². The highest BCUT2D eigenvalue weighted by molar-refractivity contribution is 4.61. The van der Waals surface area contributed by atoms with Crippen molar-refractivity contribution in [2.24, 2.45) is 7.05 Å². The number of hydrogen-bond acceptors (Lipinski definition) is 1. The fourth-order valence-corrected chi connectivity index (χ4v) is 1.36. The molecule has 1 N–H and O–H groups in total. The second-order valence-corrected chi connectivity index (χ2v) is 3.38. The molecule has 0 saturated carbocycles. The van der Waals surface area contributed by atoms with Crippen LogP contribution in [0.5, 0.6) is 0 Å². The van der Waals surface area contributed by atoms with Gasteiger partial charge in [0.2, 0.25) is 6.33 Å². The second kappa shape index (κ2) is 6.66. The third-order valence-corrected chi connectivity index (χ3v) is 2.09. The van der Waals surface area contributed by atoms with Crippen LogP contribution in [-0.4, -0.2) is 10.0 Å². The zero-order valence-electron chi connectivity index (χ0n) is 8.61. The van der Waals surface area contributed by atoms with Crippen LogP contribution in [0.25, 0.3) is 0 Å². The van der Waals surface area contributed by atoms with Gasteiger partial charge < -0.3 is 5.48 Å². The monoisotopic (exact) mass is 184 g/mol. The van der Waals surface area contributed by atoms with Gasteiger partial charge in [-0.15, -0.1) is 0 Å². The summed E-state index contributed by atoms with van der Waals surface area (Å²) in [5.74, 6) is 0. The van der Waals surface area contributed by atoms with Crippen LogP contribution in [0.3, 0.4) is 0 Å². The molecule has 0 unspecified atom stereocenters. The fraction of sp³-hybridized carbons (Fsp3) is 0.700. The van der Waals surface area contributed by atoms with Gasteiger partial charge in [0, 0.05) is 0 Å². The molecule has 0 saturated heterocycles. The van der Waals surface area contributed by atoms with Gasteiger partial charge >= 0.3 is 0 Å². The van der Waals surface area contributed by atoms with E-state index in [0.717, 1.165) is 0 Å². The summed E-state index contributed by atoms with van der Waals surface area (Å²) < 4.78 is 4.33. The van der Waals surface area contributed by atoms with Gasteiger partial charge in [0.15, 0.2) is 0 Å². The average Bonchev–Trinajstić information content (AvgIpc) is 2.45. The van der Waals surface area contributed by atoms with Crippen molar-refractivity contribution in [1.29, 1.82) is 0 Å². The van der Waals surface area contributed by atoms with E-state index >= 15 is 0 Å². The van der Waals surface area contributed by atoms with Crippen LogP contribution in [-0.2, 0) is 13.6 Å². The van der Waals surface area contributed by atoms with Gasteiger partial charge in [-0.25, -0.2) is 9.13 Å². The van der Waals surface area contributed by atoms with E-state index < -0.39 is 0 Å². The van der Waals surface area contributed by atoms with Crippen molar-refractivity contribution in [1.82, 2.24) is 4.57 Å². The summed E-state index contributed by atoms with van der Waals surface area (Å²) in [4.78, 5) is 0. The summed E-state index contributed by atoms with van der Waals surface area (Å²) in [5.41, 5.74) is 0. The Hall–Kier alpha value is -0.830. The summed E-state index contributed by atoms with van der Waals surface area (Å²) in [7, 11) is 2.06. The fourth-order valence-electron chi connectivity index (χ4n) is 1.36. The highest BCUT2D eigenvalue weighted by Gasteiger charge is 1.97. The number of rotatable bonds is 5. The number of aryl methyl sites for hydroxylation is 2. The zero-order valence-corrected chi connectivity index (χ0v) is 8.61. The number of aromatic nitrogens is 2. The lowest BCUT2D eigenvalue weighted by Crippen LogP contribution is -2.30. The van der Waals surface area contributed by atoms with E-state index in [1.807, 2.05) is 0 Å². The molecule has 0 aliphatic carbocycles. The number of hydrogen-bond donors (Lipinski definition) is 0. The maximum absolute atomic E-state index is 2.25. The Labute approximate surface area is 80.3 Å². The minimum Gasteiger partial charge on any atom is -0.870 e. The summed E-state index contributed by atoms with van der Waals surface area (Å²) in [6.07, 6.45) is 11.7. The molecule has 3 nitrogen and oxygen atoms in total. The zero-order chi connectivity index (χ0) is 8.81. The van der Waals surface area contributed by atoms with E-state index in [4.69, 9.17) is 0 Å². The molecule has 0 bridgehead atoms. The van der Waals surface area contributed by atoms with Crippen LogP contribution in [0.1, 0.15) is 32.6 Å². The van der Waals surface area contributed by atoms with E-state index in [-0.39, 0.29) is 5.48 Å².